The molecule has 106 valence electrons. The Morgan fingerprint density at radius 1 is 1.42 bits per heavy atom. The van der Waals surface area contributed by atoms with Gasteiger partial charge in [0.1, 0.15) is 5.75 Å². The van der Waals surface area contributed by atoms with E-state index in [-0.39, 0.29) is 0 Å². The summed E-state index contributed by atoms with van der Waals surface area (Å²) in [7, 11) is 3.89. The molecule has 1 aliphatic rings. The van der Waals surface area contributed by atoms with Gasteiger partial charge < -0.3 is 15.0 Å². The molecular formula is C15H23ClN2O. The number of rotatable bonds is 5. The minimum absolute atomic E-state index is 0.641. The van der Waals surface area contributed by atoms with E-state index < -0.39 is 0 Å². The van der Waals surface area contributed by atoms with Crippen molar-refractivity contribution in [1.82, 2.24) is 10.2 Å². The van der Waals surface area contributed by atoms with Crippen LogP contribution in [-0.4, -0.2) is 38.2 Å². The zero-order valence-corrected chi connectivity index (χ0v) is 12.5. The molecule has 19 heavy (non-hydrogen) atoms. The molecule has 4 heteroatoms. The summed E-state index contributed by atoms with van der Waals surface area (Å²) in [5.74, 6) is 0.858. The standard InChI is InChI=1S/C15H23ClN2O/c1-18-9-4-3-6-12(18)10-17-11-13-14(16)7-5-8-15(13)19-2/h5,7-8,12,17H,3-4,6,9-11H2,1-2H3. The molecule has 0 amide bonds. The Balaban J connectivity index is 1.88. The Morgan fingerprint density at radius 3 is 3.00 bits per heavy atom. The lowest BCUT2D eigenvalue weighted by atomic mass is 10.0. The molecule has 1 aromatic carbocycles. The van der Waals surface area contributed by atoms with E-state index in [1.807, 2.05) is 18.2 Å². The van der Waals surface area contributed by atoms with Gasteiger partial charge in [-0.25, -0.2) is 0 Å². The van der Waals surface area contributed by atoms with Crippen LogP contribution in [-0.2, 0) is 6.54 Å². The van der Waals surface area contributed by atoms with Crippen molar-refractivity contribution in [2.75, 3.05) is 27.2 Å². The van der Waals surface area contributed by atoms with E-state index in [9.17, 15) is 0 Å². The van der Waals surface area contributed by atoms with Crippen LogP contribution in [0.5, 0.6) is 5.75 Å². The maximum Gasteiger partial charge on any atom is 0.124 e. The molecule has 1 unspecified atom stereocenters. The first-order valence-electron chi connectivity index (χ1n) is 6.94. The predicted octanol–water partition coefficient (Wildman–Crippen LogP) is 2.92. The fourth-order valence-corrected chi connectivity index (χ4v) is 2.90. The molecule has 1 aliphatic heterocycles. The predicted molar refractivity (Wildman–Crippen MR) is 80.0 cm³/mol. The molecule has 0 aromatic heterocycles. The van der Waals surface area contributed by atoms with Crippen LogP contribution in [0.2, 0.25) is 5.02 Å². The first kappa shape index (κ1) is 14.6. The summed E-state index contributed by atoms with van der Waals surface area (Å²) in [6, 6.07) is 6.42. The Morgan fingerprint density at radius 2 is 2.26 bits per heavy atom. The number of likely N-dealkylation sites (tertiary alicyclic amines) is 1. The van der Waals surface area contributed by atoms with E-state index in [1.165, 1.54) is 25.8 Å². The molecule has 1 atom stereocenters. The summed E-state index contributed by atoms with van der Waals surface area (Å²) in [5.41, 5.74) is 1.05. The van der Waals surface area contributed by atoms with Gasteiger partial charge in [-0.05, 0) is 38.6 Å². The highest BCUT2D eigenvalue weighted by Crippen LogP contribution is 2.26. The quantitative estimate of drug-likeness (QED) is 0.899. The highest BCUT2D eigenvalue weighted by Gasteiger charge is 2.18. The summed E-state index contributed by atoms with van der Waals surface area (Å²) < 4.78 is 5.35. The van der Waals surface area contributed by atoms with E-state index in [2.05, 4.69) is 17.3 Å². The zero-order valence-electron chi connectivity index (χ0n) is 11.8. The minimum Gasteiger partial charge on any atom is -0.496 e. The largest absolute Gasteiger partial charge is 0.496 e. The van der Waals surface area contributed by atoms with Gasteiger partial charge in [0.05, 0.1) is 7.11 Å². The SMILES string of the molecule is COc1cccc(Cl)c1CNCC1CCCCN1C. The number of hydrogen-bond acceptors (Lipinski definition) is 3. The second-order valence-corrected chi connectivity index (χ2v) is 5.59. The first-order chi connectivity index (χ1) is 9.22. The lowest BCUT2D eigenvalue weighted by Gasteiger charge is -2.32. The Kier molecular flexibility index (Phi) is 5.49. The van der Waals surface area contributed by atoms with Crippen molar-refractivity contribution in [3.05, 3.63) is 28.8 Å². The lowest BCUT2D eigenvalue weighted by molar-refractivity contribution is 0.181. The van der Waals surface area contributed by atoms with Gasteiger partial charge in [0.15, 0.2) is 0 Å². The molecule has 1 saturated heterocycles. The normalized spacial score (nSPS) is 20.5. The number of halogens is 1. The van der Waals surface area contributed by atoms with Crippen molar-refractivity contribution in [3.63, 3.8) is 0 Å². The summed E-state index contributed by atoms with van der Waals surface area (Å²) >= 11 is 6.23. The third-order valence-electron chi connectivity index (χ3n) is 3.90. The van der Waals surface area contributed by atoms with E-state index in [0.717, 1.165) is 29.4 Å². The molecule has 0 bridgehead atoms. The minimum atomic E-state index is 0.641. The van der Waals surface area contributed by atoms with Gasteiger partial charge in [0.25, 0.3) is 0 Å². The van der Waals surface area contributed by atoms with Crippen molar-refractivity contribution in [3.8, 4) is 5.75 Å². The Hall–Kier alpha value is -0.770. The van der Waals surface area contributed by atoms with Crippen molar-refractivity contribution in [2.45, 2.75) is 31.8 Å². The van der Waals surface area contributed by atoms with E-state index in [4.69, 9.17) is 16.3 Å². The number of ether oxygens (including phenoxy) is 1. The molecule has 0 spiro atoms. The third-order valence-corrected chi connectivity index (χ3v) is 4.25. The number of piperidine rings is 1. The Bertz CT molecular complexity index is 411. The first-order valence-corrected chi connectivity index (χ1v) is 7.32. The lowest BCUT2D eigenvalue weighted by Crippen LogP contribution is -2.42. The Labute approximate surface area is 120 Å². The van der Waals surface area contributed by atoms with Crippen LogP contribution in [0.1, 0.15) is 24.8 Å². The summed E-state index contributed by atoms with van der Waals surface area (Å²) in [5, 5.41) is 4.28. The van der Waals surface area contributed by atoms with Crippen LogP contribution in [0, 0.1) is 0 Å². The molecule has 3 nitrogen and oxygen atoms in total. The number of nitrogens with one attached hydrogen (secondary N) is 1. The average Bonchev–Trinajstić information content (AvgIpc) is 2.42. The van der Waals surface area contributed by atoms with Crippen molar-refractivity contribution in [1.29, 1.82) is 0 Å². The second kappa shape index (κ2) is 7.13. The number of hydrogen-bond donors (Lipinski definition) is 1. The van der Waals surface area contributed by atoms with Crippen LogP contribution in [0.3, 0.4) is 0 Å². The molecule has 1 aromatic rings. The van der Waals surface area contributed by atoms with Gasteiger partial charge in [-0.15, -0.1) is 0 Å². The summed E-state index contributed by atoms with van der Waals surface area (Å²) in [6.07, 6.45) is 3.95. The van der Waals surface area contributed by atoms with E-state index in [0.29, 0.717) is 6.04 Å². The number of likely N-dealkylation sites (N-methyl/N-ethyl adjacent to an activating group) is 1. The molecule has 2 rings (SSSR count). The zero-order chi connectivity index (χ0) is 13.7. The van der Waals surface area contributed by atoms with Crippen LogP contribution < -0.4 is 10.1 Å². The fraction of sp³-hybridized carbons (Fsp3) is 0.600. The molecule has 0 aliphatic carbocycles. The monoisotopic (exact) mass is 282 g/mol. The molecule has 1 heterocycles. The highest BCUT2D eigenvalue weighted by molar-refractivity contribution is 6.31. The van der Waals surface area contributed by atoms with Crippen LogP contribution in [0.15, 0.2) is 18.2 Å². The molecule has 0 radical (unpaired) electrons. The van der Waals surface area contributed by atoms with Crippen molar-refractivity contribution >= 4 is 11.6 Å². The van der Waals surface area contributed by atoms with E-state index >= 15 is 0 Å². The number of nitrogens with zero attached hydrogens (tertiary/aromatic N) is 1. The van der Waals surface area contributed by atoms with Gasteiger partial charge in [-0.3, -0.25) is 0 Å². The molecule has 1 fully saturated rings. The van der Waals surface area contributed by atoms with Crippen LogP contribution >= 0.6 is 11.6 Å². The maximum absolute atomic E-state index is 6.23. The molecule has 0 saturated carbocycles. The van der Waals surface area contributed by atoms with Gasteiger partial charge in [0.2, 0.25) is 0 Å². The number of benzene rings is 1. The smallest absolute Gasteiger partial charge is 0.124 e. The van der Waals surface area contributed by atoms with Gasteiger partial charge >= 0.3 is 0 Å². The second-order valence-electron chi connectivity index (χ2n) is 5.18. The molecule has 1 N–H and O–H groups in total. The number of methoxy groups -OCH3 is 1. The third kappa shape index (κ3) is 3.85. The maximum atomic E-state index is 6.23. The van der Waals surface area contributed by atoms with Gasteiger partial charge in [0, 0.05) is 29.7 Å². The average molecular weight is 283 g/mol. The summed E-state index contributed by atoms with van der Waals surface area (Å²) in [4.78, 5) is 2.44. The van der Waals surface area contributed by atoms with Crippen LogP contribution in [0.25, 0.3) is 0 Å². The topological polar surface area (TPSA) is 24.5 Å². The molecular weight excluding hydrogens is 260 g/mol. The van der Waals surface area contributed by atoms with Crippen molar-refractivity contribution in [2.24, 2.45) is 0 Å². The van der Waals surface area contributed by atoms with E-state index in [1.54, 1.807) is 7.11 Å². The highest BCUT2D eigenvalue weighted by atomic mass is 35.5. The van der Waals surface area contributed by atoms with Crippen molar-refractivity contribution < 1.29 is 4.74 Å². The van der Waals surface area contributed by atoms with Gasteiger partial charge in [-0.1, -0.05) is 24.1 Å². The van der Waals surface area contributed by atoms with Crippen LogP contribution in [0.4, 0.5) is 0 Å². The summed E-state index contributed by atoms with van der Waals surface area (Å²) in [6.45, 7) is 2.97. The fourth-order valence-electron chi connectivity index (χ4n) is 2.67. The van der Waals surface area contributed by atoms with Gasteiger partial charge in [-0.2, -0.15) is 0 Å².